The second-order valence-electron chi connectivity index (χ2n) is 4.59. The molecule has 0 fully saturated rings. The van der Waals surface area contributed by atoms with Gasteiger partial charge in [-0.3, -0.25) is 4.98 Å². The van der Waals surface area contributed by atoms with E-state index >= 15 is 0 Å². The van der Waals surface area contributed by atoms with Gasteiger partial charge in [0.05, 0.1) is 23.1 Å². The van der Waals surface area contributed by atoms with Gasteiger partial charge in [-0.1, -0.05) is 11.6 Å². The molecule has 1 heterocycles. The highest BCUT2D eigenvalue weighted by molar-refractivity contribution is 9.10. The number of phenolic OH excluding ortho intramolecular Hbond substituents is 1. The average molecular weight is 377 g/mol. The number of phenols is 1. The molecule has 0 aliphatic heterocycles. The fourth-order valence-electron chi connectivity index (χ4n) is 1.92. The molecule has 0 atom stereocenters. The third-order valence-electron chi connectivity index (χ3n) is 2.99. The van der Waals surface area contributed by atoms with Gasteiger partial charge in [0.1, 0.15) is 11.6 Å². The molecule has 4 nitrogen and oxygen atoms in total. The third kappa shape index (κ3) is 3.37. The first-order valence-corrected chi connectivity index (χ1v) is 7.62. The third-order valence-corrected chi connectivity index (χ3v) is 4.22. The van der Waals surface area contributed by atoms with Gasteiger partial charge in [-0.05, 0) is 58.4 Å². The number of nitrogens with zero attached hydrogens (tertiary/aromatic N) is 2. The molecule has 0 aliphatic carbocycles. The summed E-state index contributed by atoms with van der Waals surface area (Å²) < 4.78 is 0.837. The van der Waals surface area contributed by atoms with E-state index in [1.165, 1.54) is 0 Å². The molecule has 0 saturated heterocycles. The lowest BCUT2D eigenvalue weighted by atomic mass is 10.1. The number of anilines is 2. The number of aromatic hydroxyl groups is 1. The van der Waals surface area contributed by atoms with E-state index in [9.17, 15) is 5.11 Å². The summed E-state index contributed by atoms with van der Waals surface area (Å²) in [5.41, 5.74) is 2.42. The topological polar surface area (TPSA) is 58.0 Å². The van der Waals surface area contributed by atoms with Crippen molar-refractivity contribution in [2.45, 2.75) is 0 Å². The lowest BCUT2D eigenvalue weighted by molar-refractivity contribution is 0.475. The second kappa shape index (κ2) is 6.34. The van der Waals surface area contributed by atoms with Crippen molar-refractivity contribution < 1.29 is 5.11 Å². The van der Waals surface area contributed by atoms with E-state index in [2.05, 4.69) is 31.2 Å². The Morgan fingerprint density at radius 1 is 1.05 bits per heavy atom. The summed E-state index contributed by atoms with van der Waals surface area (Å²) in [6.45, 7) is 0. The lowest BCUT2D eigenvalue weighted by Crippen LogP contribution is -1.96. The van der Waals surface area contributed by atoms with E-state index in [0.29, 0.717) is 16.5 Å². The highest BCUT2D eigenvalue weighted by Crippen LogP contribution is 2.27. The molecule has 2 N–H and O–H groups in total. The molecule has 0 spiro atoms. The van der Waals surface area contributed by atoms with Crippen LogP contribution in [0.25, 0.3) is 11.3 Å². The summed E-state index contributed by atoms with van der Waals surface area (Å²) in [5.74, 6) is 0.833. The first-order valence-electron chi connectivity index (χ1n) is 6.45. The standard InChI is InChI=1S/C16H11BrClN3O/c17-13-6-3-11(7-14(13)18)20-16-9-19-8-15(21-16)10-1-4-12(22)5-2-10/h1-9,22H,(H,20,21). The van der Waals surface area contributed by atoms with E-state index in [1.54, 1.807) is 42.7 Å². The zero-order valence-corrected chi connectivity index (χ0v) is 13.6. The molecule has 0 bridgehead atoms. The number of rotatable bonds is 3. The molecular weight excluding hydrogens is 366 g/mol. The van der Waals surface area contributed by atoms with Crippen molar-refractivity contribution in [2.75, 3.05) is 5.32 Å². The molecule has 1 aromatic heterocycles. The summed E-state index contributed by atoms with van der Waals surface area (Å²) in [4.78, 5) is 8.70. The molecule has 0 unspecified atom stereocenters. The average Bonchev–Trinajstić information content (AvgIpc) is 2.52. The number of halogens is 2. The van der Waals surface area contributed by atoms with Crippen molar-refractivity contribution in [1.29, 1.82) is 0 Å². The van der Waals surface area contributed by atoms with Crippen LogP contribution in [-0.4, -0.2) is 15.1 Å². The monoisotopic (exact) mass is 375 g/mol. The summed E-state index contributed by atoms with van der Waals surface area (Å²) in [7, 11) is 0. The van der Waals surface area contributed by atoms with Crippen LogP contribution >= 0.6 is 27.5 Å². The first kappa shape index (κ1) is 14.8. The predicted octanol–water partition coefficient (Wildman–Crippen LogP) is 5.01. The summed E-state index contributed by atoms with van der Waals surface area (Å²) in [6, 6.07) is 12.4. The quantitative estimate of drug-likeness (QED) is 0.674. The zero-order valence-electron chi connectivity index (χ0n) is 11.3. The lowest BCUT2D eigenvalue weighted by Gasteiger charge is -2.08. The molecule has 0 saturated carbocycles. The molecule has 6 heteroatoms. The molecule has 2 aromatic carbocycles. The van der Waals surface area contributed by atoms with Crippen molar-refractivity contribution >= 4 is 39.0 Å². The van der Waals surface area contributed by atoms with Gasteiger partial charge < -0.3 is 10.4 Å². The van der Waals surface area contributed by atoms with Crippen molar-refractivity contribution in [1.82, 2.24) is 9.97 Å². The van der Waals surface area contributed by atoms with Crippen LogP contribution in [0, 0.1) is 0 Å². The van der Waals surface area contributed by atoms with E-state index in [-0.39, 0.29) is 5.75 Å². The minimum Gasteiger partial charge on any atom is -0.508 e. The van der Waals surface area contributed by atoms with Gasteiger partial charge in [-0.2, -0.15) is 0 Å². The smallest absolute Gasteiger partial charge is 0.149 e. The first-order chi connectivity index (χ1) is 10.6. The normalized spacial score (nSPS) is 10.5. The number of benzene rings is 2. The Labute approximate surface area is 140 Å². The molecule has 3 aromatic rings. The minimum atomic E-state index is 0.218. The molecule has 0 radical (unpaired) electrons. The molecule has 0 aliphatic rings. The summed E-state index contributed by atoms with van der Waals surface area (Å²) in [5, 5.41) is 13.1. The van der Waals surface area contributed by atoms with Crippen molar-refractivity contribution in [3.8, 4) is 17.0 Å². The molecule has 3 rings (SSSR count). The van der Waals surface area contributed by atoms with Crippen LogP contribution in [-0.2, 0) is 0 Å². The van der Waals surface area contributed by atoms with Gasteiger partial charge >= 0.3 is 0 Å². The fraction of sp³-hybridized carbons (Fsp3) is 0. The highest BCUT2D eigenvalue weighted by Gasteiger charge is 2.04. The molecular formula is C16H11BrClN3O. The maximum absolute atomic E-state index is 9.34. The Hall–Kier alpha value is -2.11. The minimum absolute atomic E-state index is 0.218. The van der Waals surface area contributed by atoms with Gasteiger partial charge in [0.15, 0.2) is 0 Å². The van der Waals surface area contributed by atoms with Crippen LogP contribution in [0.15, 0.2) is 59.3 Å². The fourth-order valence-corrected chi connectivity index (χ4v) is 2.35. The van der Waals surface area contributed by atoms with Crippen LogP contribution in [0.3, 0.4) is 0 Å². The Morgan fingerprint density at radius 3 is 2.55 bits per heavy atom. The van der Waals surface area contributed by atoms with Gasteiger partial charge in [0, 0.05) is 15.7 Å². The molecule has 110 valence electrons. The van der Waals surface area contributed by atoms with E-state index in [0.717, 1.165) is 15.7 Å². The van der Waals surface area contributed by atoms with Gasteiger partial charge in [-0.25, -0.2) is 4.98 Å². The zero-order chi connectivity index (χ0) is 15.5. The highest BCUT2D eigenvalue weighted by atomic mass is 79.9. The van der Waals surface area contributed by atoms with E-state index in [4.69, 9.17) is 11.6 Å². The largest absolute Gasteiger partial charge is 0.508 e. The number of nitrogens with one attached hydrogen (secondary N) is 1. The van der Waals surface area contributed by atoms with E-state index in [1.807, 2.05) is 12.1 Å². The van der Waals surface area contributed by atoms with Gasteiger partial charge in [-0.15, -0.1) is 0 Å². The maximum atomic E-state index is 9.34. The molecule has 0 amide bonds. The van der Waals surface area contributed by atoms with Crippen LogP contribution in [0.5, 0.6) is 5.75 Å². The van der Waals surface area contributed by atoms with Gasteiger partial charge in [0.2, 0.25) is 0 Å². The van der Waals surface area contributed by atoms with Gasteiger partial charge in [0.25, 0.3) is 0 Å². The number of hydrogen-bond donors (Lipinski definition) is 2. The summed E-state index contributed by atoms with van der Waals surface area (Å²) in [6.07, 6.45) is 3.31. The SMILES string of the molecule is Oc1ccc(-c2cncc(Nc3ccc(Br)c(Cl)c3)n2)cc1. The van der Waals surface area contributed by atoms with Crippen molar-refractivity contribution in [2.24, 2.45) is 0 Å². The molecule has 22 heavy (non-hydrogen) atoms. The predicted molar refractivity (Wildman–Crippen MR) is 91.6 cm³/mol. The van der Waals surface area contributed by atoms with Crippen LogP contribution in [0.4, 0.5) is 11.5 Å². The van der Waals surface area contributed by atoms with Crippen molar-refractivity contribution in [3.05, 3.63) is 64.4 Å². The Balaban J connectivity index is 1.87. The van der Waals surface area contributed by atoms with E-state index < -0.39 is 0 Å². The maximum Gasteiger partial charge on any atom is 0.149 e. The Bertz CT molecular complexity index is 809. The van der Waals surface area contributed by atoms with Crippen LogP contribution < -0.4 is 5.32 Å². The van der Waals surface area contributed by atoms with Crippen LogP contribution in [0.2, 0.25) is 5.02 Å². The van der Waals surface area contributed by atoms with Crippen LogP contribution in [0.1, 0.15) is 0 Å². The van der Waals surface area contributed by atoms with Crippen molar-refractivity contribution in [3.63, 3.8) is 0 Å². The summed E-state index contributed by atoms with van der Waals surface area (Å²) >= 11 is 9.43. The Kier molecular flexibility index (Phi) is 4.27. The number of aromatic nitrogens is 2. The Morgan fingerprint density at radius 2 is 1.82 bits per heavy atom. The number of hydrogen-bond acceptors (Lipinski definition) is 4. The second-order valence-corrected chi connectivity index (χ2v) is 5.85.